The van der Waals surface area contributed by atoms with Crippen LogP contribution < -0.4 is 4.72 Å². The first kappa shape index (κ1) is 24.2. The van der Waals surface area contributed by atoms with Gasteiger partial charge >= 0.3 is 0 Å². The summed E-state index contributed by atoms with van der Waals surface area (Å²) in [7, 11) is 0.151. The zero-order valence-electron chi connectivity index (χ0n) is 17.8. The number of amides is 2. The summed E-state index contributed by atoms with van der Waals surface area (Å²) in [6, 6.07) is 2.71. The Bertz CT molecular complexity index is 931. The van der Waals surface area contributed by atoms with E-state index in [-0.39, 0.29) is 24.4 Å². The molecule has 3 rings (SSSR count). The largest absolute Gasteiger partial charge is 0.337 e. The minimum atomic E-state index is -3.81. The van der Waals surface area contributed by atoms with Crippen LogP contribution in [0.15, 0.2) is 17.5 Å². The van der Waals surface area contributed by atoms with Crippen LogP contribution in [0.5, 0.6) is 0 Å². The molecule has 0 bridgehead atoms. The number of likely N-dealkylation sites (N-methyl/N-ethyl adjacent to an activating group) is 1. The Morgan fingerprint density at radius 2 is 2.03 bits per heavy atom. The quantitative estimate of drug-likeness (QED) is 0.603. The molecule has 172 valence electrons. The smallest absolute Gasteiger partial charge is 0.242 e. The maximum atomic E-state index is 12.9. The van der Waals surface area contributed by atoms with Crippen molar-refractivity contribution in [2.24, 2.45) is 0 Å². The van der Waals surface area contributed by atoms with Gasteiger partial charge in [0.25, 0.3) is 0 Å². The van der Waals surface area contributed by atoms with Crippen molar-refractivity contribution in [2.75, 3.05) is 40.3 Å². The number of halogens is 1. The average molecular weight is 489 g/mol. The molecule has 2 aliphatic heterocycles. The fourth-order valence-electron chi connectivity index (χ4n) is 4.05. The van der Waals surface area contributed by atoms with E-state index in [0.29, 0.717) is 35.1 Å². The molecule has 31 heavy (non-hydrogen) atoms. The third-order valence-corrected chi connectivity index (χ3v) is 7.75. The van der Waals surface area contributed by atoms with Gasteiger partial charge in [0.2, 0.25) is 21.8 Å². The average Bonchev–Trinajstić information content (AvgIpc) is 3.31. The van der Waals surface area contributed by atoms with Crippen LogP contribution in [0.25, 0.3) is 6.08 Å². The lowest BCUT2D eigenvalue weighted by atomic mass is 10.1. The first-order chi connectivity index (χ1) is 14.6. The summed E-state index contributed by atoms with van der Waals surface area (Å²) in [6.45, 7) is 1.94. The Morgan fingerprint density at radius 3 is 2.71 bits per heavy atom. The minimum Gasteiger partial charge on any atom is -0.337 e. The second-order valence-corrected chi connectivity index (χ2v) is 11.6. The van der Waals surface area contributed by atoms with Crippen LogP contribution in [0, 0.1) is 0 Å². The maximum absolute atomic E-state index is 12.9. The molecule has 0 aliphatic carbocycles. The molecule has 2 fully saturated rings. The Morgan fingerprint density at radius 1 is 1.29 bits per heavy atom. The number of nitrogens with one attached hydrogen (secondary N) is 1. The van der Waals surface area contributed by atoms with Crippen LogP contribution in [0.1, 0.15) is 30.6 Å². The molecule has 2 aliphatic rings. The zero-order chi connectivity index (χ0) is 22.6. The van der Waals surface area contributed by atoms with Crippen LogP contribution in [0.4, 0.5) is 0 Å². The number of rotatable bonds is 8. The Balaban J connectivity index is 1.59. The summed E-state index contributed by atoms with van der Waals surface area (Å²) in [5, 5.41) is 1.04. The Labute approximate surface area is 192 Å². The van der Waals surface area contributed by atoms with Crippen LogP contribution in [-0.2, 0) is 19.6 Å². The lowest BCUT2D eigenvalue weighted by Crippen LogP contribution is -2.55. The Kier molecular flexibility index (Phi) is 8.14. The van der Waals surface area contributed by atoms with E-state index in [0.717, 1.165) is 24.8 Å². The van der Waals surface area contributed by atoms with Crippen molar-refractivity contribution in [1.29, 1.82) is 0 Å². The molecule has 0 radical (unpaired) electrons. The minimum absolute atomic E-state index is 0.00940. The van der Waals surface area contributed by atoms with Gasteiger partial charge in [-0.15, -0.1) is 11.3 Å². The Hall–Kier alpha value is -1.46. The van der Waals surface area contributed by atoms with Gasteiger partial charge in [-0.2, -0.15) is 4.72 Å². The number of hydrogen-bond donors (Lipinski definition) is 1. The van der Waals surface area contributed by atoms with Crippen molar-refractivity contribution in [2.45, 2.75) is 37.8 Å². The molecule has 8 nitrogen and oxygen atoms in total. The van der Waals surface area contributed by atoms with Gasteiger partial charge in [-0.05, 0) is 58.0 Å². The molecule has 2 amide bonds. The number of likely N-dealkylation sites (tertiary alicyclic amines) is 2. The van der Waals surface area contributed by atoms with Gasteiger partial charge in [0, 0.05) is 36.0 Å². The zero-order valence-corrected chi connectivity index (χ0v) is 20.2. The van der Waals surface area contributed by atoms with E-state index in [4.69, 9.17) is 11.6 Å². The van der Waals surface area contributed by atoms with E-state index < -0.39 is 16.1 Å². The van der Waals surface area contributed by atoms with Crippen molar-refractivity contribution >= 4 is 50.9 Å². The molecular formula is C20H29ClN4O4S2. The second-order valence-electron chi connectivity index (χ2n) is 8.21. The standard InChI is InChI=1S/C20H29ClN4O4S2/c1-23(2)13-15-5-3-11-25(15)19(26)14-24-10-4-6-17(20(24)27)22-31(28,29)12-9-16-7-8-18(21)30-16/h7-9,12,15,17,22H,3-6,10-11,13-14H2,1-2H3/b12-9+. The summed E-state index contributed by atoms with van der Waals surface area (Å²) < 4.78 is 27.9. The molecule has 2 saturated heterocycles. The first-order valence-electron chi connectivity index (χ1n) is 10.3. The molecule has 1 aromatic rings. The number of sulfonamides is 1. The van der Waals surface area contributed by atoms with E-state index in [1.807, 2.05) is 19.0 Å². The maximum Gasteiger partial charge on any atom is 0.242 e. The van der Waals surface area contributed by atoms with Gasteiger partial charge < -0.3 is 14.7 Å². The lowest BCUT2D eigenvalue weighted by molar-refractivity contribution is -0.143. The predicted molar refractivity (Wildman–Crippen MR) is 123 cm³/mol. The van der Waals surface area contributed by atoms with E-state index in [1.165, 1.54) is 22.3 Å². The lowest BCUT2D eigenvalue weighted by Gasteiger charge is -2.34. The number of nitrogens with zero attached hydrogens (tertiary/aromatic N) is 3. The topological polar surface area (TPSA) is 90.0 Å². The predicted octanol–water partition coefficient (Wildman–Crippen LogP) is 1.84. The SMILES string of the molecule is CN(C)CC1CCCN1C(=O)CN1CCCC(NS(=O)(=O)/C=C/c2ccc(Cl)s2)C1=O. The number of carbonyl (C=O) groups excluding carboxylic acids is 2. The van der Waals surface area contributed by atoms with Gasteiger partial charge in [-0.25, -0.2) is 8.42 Å². The van der Waals surface area contributed by atoms with E-state index in [2.05, 4.69) is 9.62 Å². The van der Waals surface area contributed by atoms with Crippen LogP contribution in [0.2, 0.25) is 4.34 Å². The first-order valence-corrected chi connectivity index (χ1v) is 13.1. The van der Waals surface area contributed by atoms with Crippen LogP contribution in [0.3, 0.4) is 0 Å². The number of carbonyl (C=O) groups is 2. The molecule has 11 heteroatoms. The fourth-order valence-corrected chi connectivity index (χ4v) is 6.12. The van der Waals surface area contributed by atoms with E-state index in [9.17, 15) is 18.0 Å². The van der Waals surface area contributed by atoms with Crippen LogP contribution in [-0.4, -0.2) is 87.3 Å². The van der Waals surface area contributed by atoms with Crippen molar-refractivity contribution in [3.63, 3.8) is 0 Å². The fraction of sp³-hybridized carbons (Fsp3) is 0.600. The van der Waals surface area contributed by atoms with Crippen molar-refractivity contribution in [3.05, 3.63) is 26.8 Å². The summed E-state index contributed by atoms with van der Waals surface area (Å²) in [5.41, 5.74) is 0. The van der Waals surface area contributed by atoms with Gasteiger partial charge in [-0.3, -0.25) is 9.59 Å². The molecule has 2 unspecified atom stereocenters. The van der Waals surface area contributed by atoms with Gasteiger partial charge in [0.15, 0.2) is 0 Å². The van der Waals surface area contributed by atoms with E-state index in [1.54, 1.807) is 12.1 Å². The molecule has 1 N–H and O–H groups in total. The highest BCUT2D eigenvalue weighted by Gasteiger charge is 2.35. The molecule has 0 spiro atoms. The third kappa shape index (κ3) is 6.76. The van der Waals surface area contributed by atoms with Gasteiger partial charge in [0.1, 0.15) is 6.04 Å². The van der Waals surface area contributed by atoms with E-state index >= 15 is 0 Å². The number of piperidine rings is 1. The summed E-state index contributed by atoms with van der Waals surface area (Å²) in [4.78, 5) is 31.8. The normalized spacial score (nSPS) is 22.8. The highest BCUT2D eigenvalue weighted by Crippen LogP contribution is 2.23. The summed E-state index contributed by atoms with van der Waals surface area (Å²) >= 11 is 7.12. The van der Waals surface area contributed by atoms with Crippen molar-refractivity contribution < 1.29 is 18.0 Å². The molecule has 0 aromatic carbocycles. The third-order valence-electron chi connectivity index (χ3n) is 5.44. The van der Waals surface area contributed by atoms with Gasteiger partial charge in [-0.1, -0.05) is 11.6 Å². The van der Waals surface area contributed by atoms with Crippen LogP contribution >= 0.6 is 22.9 Å². The highest BCUT2D eigenvalue weighted by molar-refractivity contribution is 7.92. The molecule has 2 atom stereocenters. The van der Waals surface area contributed by atoms with Crippen molar-refractivity contribution in [3.8, 4) is 0 Å². The number of hydrogen-bond acceptors (Lipinski definition) is 6. The summed E-state index contributed by atoms with van der Waals surface area (Å²) in [5.74, 6) is -0.422. The second kappa shape index (κ2) is 10.4. The molecule has 1 aromatic heterocycles. The van der Waals surface area contributed by atoms with Gasteiger partial charge in [0.05, 0.1) is 10.9 Å². The monoisotopic (exact) mass is 488 g/mol. The summed E-state index contributed by atoms with van der Waals surface area (Å²) in [6.07, 6.45) is 4.42. The molecule has 3 heterocycles. The highest BCUT2D eigenvalue weighted by atomic mass is 35.5. The molecule has 0 saturated carbocycles. The van der Waals surface area contributed by atoms with Crippen molar-refractivity contribution in [1.82, 2.24) is 19.4 Å². The molecular weight excluding hydrogens is 460 g/mol. The number of thiophene rings is 1.